The Morgan fingerprint density at radius 3 is 2.64 bits per heavy atom. The average Bonchev–Trinajstić information content (AvgIpc) is 2.58. The number of piperidine rings is 1. The van der Waals surface area contributed by atoms with Gasteiger partial charge in [0.05, 0.1) is 5.02 Å². The third-order valence-electron chi connectivity index (χ3n) is 3.69. The van der Waals surface area contributed by atoms with Crippen LogP contribution in [0.1, 0.15) is 29.6 Å². The van der Waals surface area contributed by atoms with E-state index in [2.05, 4.69) is 4.98 Å². The number of para-hydroxylation sites is 1. The summed E-state index contributed by atoms with van der Waals surface area (Å²) >= 11 is 6.11. The summed E-state index contributed by atoms with van der Waals surface area (Å²) in [5, 5.41) is 0.490. The molecule has 0 saturated carbocycles. The highest BCUT2D eigenvalue weighted by Gasteiger charge is 2.22. The molecule has 0 atom stereocenters. The number of amides is 1. The van der Waals surface area contributed by atoms with Crippen molar-refractivity contribution in [3.05, 3.63) is 53.2 Å². The number of nitrogens with zero attached hydrogens (tertiary/aromatic N) is 2. The molecule has 1 saturated heterocycles. The van der Waals surface area contributed by atoms with E-state index in [-0.39, 0.29) is 5.91 Å². The summed E-state index contributed by atoms with van der Waals surface area (Å²) in [6.45, 7) is 1.58. The van der Waals surface area contributed by atoms with E-state index in [0.717, 1.165) is 25.9 Å². The van der Waals surface area contributed by atoms with Crippen LogP contribution in [0.25, 0.3) is 0 Å². The number of rotatable bonds is 3. The molecule has 22 heavy (non-hydrogen) atoms. The van der Waals surface area contributed by atoms with Crippen LogP contribution in [0.5, 0.6) is 11.6 Å². The summed E-state index contributed by atoms with van der Waals surface area (Å²) in [6.07, 6.45) is 4.89. The third-order valence-corrected chi connectivity index (χ3v) is 4.00. The Morgan fingerprint density at radius 2 is 1.86 bits per heavy atom. The lowest BCUT2D eigenvalue weighted by Crippen LogP contribution is -2.35. The van der Waals surface area contributed by atoms with Gasteiger partial charge in [-0.1, -0.05) is 23.7 Å². The Labute approximate surface area is 134 Å². The molecule has 0 N–H and O–H groups in total. The fraction of sp³-hybridized carbons (Fsp3) is 0.294. The highest BCUT2D eigenvalue weighted by atomic mass is 35.5. The zero-order valence-electron chi connectivity index (χ0n) is 12.2. The molecule has 0 radical (unpaired) electrons. The molecule has 5 heteroatoms. The van der Waals surface area contributed by atoms with Crippen LogP contribution in [0.4, 0.5) is 0 Å². The standard InChI is InChI=1S/C17H17ClN2O2/c18-14-8-2-3-9-15(14)22-16-13(7-6-10-19-16)17(21)20-11-4-1-5-12-20/h2-3,6-10H,1,4-5,11-12H2. The minimum absolute atomic E-state index is 0.0325. The summed E-state index contributed by atoms with van der Waals surface area (Å²) in [4.78, 5) is 18.7. The fourth-order valence-corrected chi connectivity index (χ4v) is 2.71. The minimum atomic E-state index is -0.0325. The molecular weight excluding hydrogens is 300 g/mol. The maximum atomic E-state index is 12.7. The molecule has 0 bridgehead atoms. The second-order valence-corrected chi connectivity index (χ2v) is 5.65. The zero-order valence-corrected chi connectivity index (χ0v) is 12.9. The van der Waals surface area contributed by atoms with E-state index in [9.17, 15) is 4.79 Å². The summed E-state index contributed by atoms with van der Waals surface area (Å²) in [5.41, 5.74) is 0.476. The first-order valence-electron chi connectivity index (χ1n) is 7.42. The van der Waals surface area contributed by atoms with Crippen molar-refractivity contribution in [2.75, 3.05) is 13.1 Å². The summed E-state index contributed by atoms with van der Waals surface area (Å²) in [5.74, 6) is 0.761. The molecular formula is C17H17ClN2O2. The maximum absolute atomic E-state index is 12.7. The Morgan fingerprint density at radius 1 is 1.09 bits per heavy atom. The van der Waals surface area contributed by atoms with E-state index in [1.54, 1.807) is 30.5 Å². The van der Waals surface area contributed by atoms with Crippen molar-refractivity contribution in [1.82, 2.24) is 9.88 Å². The molecule has 1 aliphatic rings. The zero-order chi connectivity index (χ0) is 15.4. The molecule has 2 aromatic rings. The van der Waals surface area contributed by atoms with E-state index in [1.165, 1.54) is 6.42 Å². The van der Waals surface area contributed by atoms with Gasteiger partial charge in [-0.3, -0.25) is 4.79 Å². The molecule has 0 spiro atoms. The number of carbonyl (C=O) groups excluding carboxylic acids is 1. The molecule has 3 rings (SSSR count). The van der Waals surface area contributed by atoms with Crippen LogP contribution in [-0.2, 0) is 0 Å². The van der Waals surface area contributed by atoms with Gasteiger partial charge in [0.25, 0.3) is 5.91 Å². The van der Waals surface area contributed by atoms with Crippen molar-refractivity contribution in [2.24, 2.45) is 0 Å². The molecule has 0 unspecified atom stereocenters. The number of hydrogen-bond donors (Lipinski definition) is 0. The number of halogens is 1. The molecule has 1 aliphatic heterocycles. The largest absolute Gasteiger partial charge is 0.437 e. The van der Waals surface area contributed by atoms with Crippen LogP contribution in [-0.4, -0.2) is 28.9 Å². The van der Waals surface area contributed by atoms with Gasteiger partial charge in [0.15, 0.2) is 0 Å². The quantitative estimate of drug-likeness (QED) is 0.854. The van der Waals surface area contributed by atoms with Gasteiger partial charge < -0.3 is 9.64 Å². The van der Waals surface area contributed by atoms with Crippen molar-refractivity contribution in [1.29, 1.82) is 0 Å². The predicted octanol–water partition coefficient (Wildman–Crippen LogP) is 4.15. The maximum Gasteiger partial charge on any atom is 0.259 e. The first-order valence-corrected chi connectivity index (χ1v) is 7.80. The molecule has 1 fully saturated rings. The van der Waals surface area contributed by atoms with E-state index < -0.39 is 0 Å². The van der Waals surface area contributed by atoms with Crippen LogP contribution in [0.2, 0.25) is 5.02 Å². The monoisotopic (exact) mass is 316 g/mol. The van der Waals surface area contributed by atoms with E-state index in [1.807, 2.05) is 17.0 Å². The van der Waals surface area contributed by atoms with Gasteiger partial charge in [-0.25, -0.2) is 4.98 Å². The van der Waals surface area contributed by atoms with E-state index in [0.29, 0.717) is 22.2 Å². The fourth-order valence-electron chi connectivity index (χ4n) is 2.53. The van der Waals surface area contributed by atoms with Crippen molar-refractivity contribution in [3.63, 3.8) is 0 Å². The number of benzene rings is 1. The van der Waals surface area contributed by atoms with Gasteiger partial charge in [-0.2, -0.15) is 0 Å². The molecule has 114 valence electrons. The lowest BCUT2D eigenvalue weighted by Gasteiger charge is -2.27. The van der Waals surface area contributed by atoms with Crippen LogP contribution in [0.3, 0.4) is 0 Å². The second kappa shape index (κ2) is 6.79. The molecule has 1 aromatic carbocycles. The molecule has 4 nitrogen and oxygen atoms in total. The van der Waals surface area contributed by atoms with Gasteiger partial charge >= 0.3 is 0 Å². The van der Waals surface area contributed by atoms with Gasteiger partial charge in [-0.15, -0.1) is 0 Å². The molecule has 0 aliphatic carbocycles. The first kappa shape index (κ1) is 14.9. The smallest absolute Gasteiger partial charge is 0.259 e. The Bertz CT molecular complexity index is 669. The second-order valence-electron chi connectivity index (χ2n) is 5.24. The van der Waals surface area contributed by atoms with Gasteiger partial charge in [0.1, 0.15) is 11.3 Å². The van der Waals surface area contributed by atoms with Crippen LogP contribution >= 0.6 is 11.6 Å². The molecule has 1 amide bonds. The summed E-state index contributed by atoms with van der Waals surface area (Å²) in [6, 6.07) is 10.6. The third kappa shape index (κ3) is 3.22. The first-order chi connectivity index (χ1) is 10.8. The summed E-state index contributed by atoms with van der Waals surface area (Å²) < 4.78 is 5.76. The molecule has 2 heterocycles. The average molecular weight is 317 g/mol. The van der Waals surface area contributed by atoms with Gasteiger partial charge in [0, 0.05) is 19.3 Å². The lowest BCUT2D eigenvalue weighted by atomic mass is 10.1. The van der Waals surface area contributed by atoms with Crippen LogP contribution < -0.4 is 4.74 Å². The number of carbonyl (C=O) groups is 1. The number of ether oxygens (including phenoxy) is 1. The Kier molecular flexibility index (Phi) is 4.59. The highest BCUT2D eigenvalue weighted by molar-refractivity contribution is 6.32. The summed E-state index contributed by atoms with van der Waals surface area (Å²) in [7, 11) is 0. The van der Waals surface area contributed by atoms with Crippen molar-refractivity contribution >= 4 is 17.5 Å². The molecule has 1 aromatic heterocycles. The normalized spacial score (nSPS) is 14.7. The van der Waals surface area contributed by atoms with Gasteiger partial charge in [-0.05, 0) is 43.5 Å². The van der Waals surface area contributed by atoms with Crippen molar-refractivity contribution in [2.45, 2.75) is 19.3 Å². The Hall–Kier alpha value is -2.07. The van der Waals surface area contributed by atoms with Crippen LogP contribution in [0, 0.1) is 0 Å². The number of likely N-dealkylation sites (tertiary alicyclic amines) is 1. The number of aromatic nitrogens is 1. The predicted molar refractivity (Wildman–Crippen MR) is 85.5 cm³/mol. The number of hydrogen-bond acceptors (Lipinski definition) is 3. The van der Waals surface area contributed by atoms with E-state index in [4.69, 9.17) is 16.3 Å². The lowest BCUT2D eigenvalue weighted by molar-refractivity contribution is 0.0721. The van der Waals surface area contributed by atoms with Crippen molar-refractivity contribution < 1.29 is 9.53 Å². The van der Waals surface area contributed by atoms with Gasteiger partial charge in [0.2, 0.25) is 5.88 Å². The van der Waals surface area contributed by atoms with Crippen molar-refractivity contribution in [3.8, 4) is 11.6 Å². The van der Waals surface area contributed by atoms with Crippen LogP contribution in [0.15, 0.2) is 42.6 Å². The number of pyridine rings is 1. The SMILES string of the molecule is O=C(c1cccnc1Oc1ccccc1Cl)N1CCCCC1. The van der Waals surface area contributed by atoms with E-state index >= 15 is 0 Å². The minimum Gasteiger partial charge on any atom is -0.437 e. The topological polar surface area (TPSA) is 42.4 Å². The Balaban J connectivity index is 1.86. The highest BCUT2D eigenvalue weighted by Crippen LogP contribution is 2.30.